The Morgan fingerprint density at radius 3 is 2.44 bits per heavy atom. The van der Waals surface area contributed by atoms with E-state index in [1.54, 1.807) is 0 Å². The van der Waals surface area contributed by atoms with E-state index in [4.69, 9.17) is 0 Å². The normalized spacial score (nSPS) is 11.9. The smallest absolute Gasteiger partial charge is 0.263 e. The number of aryl methyl sites for hydroxylation is 1. The minimum absolute atomic E-state index is 0.229. The minimum atomic E-state index is -4.65. The van der Waals surface area contributed by atoms with E-state index in [1.165, 1.54) is 31.2 Å². The van der Waals surface area contributed by atoms with Gasteiger partial charge >= 0.3 is 6.18 Å². The molecule has 0 aliphatic carbocycles. The first-order valence-corrected chi connectivity index (χ1v) is 8.98. The van der Waals surface area contributed by atoms with Crippen molar-refractivity contribution in [2.75, 3.05) is 10.8 Å². The fourth-order valence-electron chi connectivity index (χ4n) is 2.37. The van der Waals surface area contributed by atoms with Crippen LogP contribution in [0, 0.1) is 17.0 Å². The highest BCUT2D eigenvalue weighted by molar-refractivity contribution is 7.92. The molecule has 6 nitrogen and oxygen atoms in total. The molecule has 0 bridgehead atoms. The molecule has 2 rings (SSSR count). The molecule has 144 valence electrons. The van der Waals surface area contributed by atoms with E-state index in [9.17, 15) is 31.7 Å². The van der Waals surface area contributed by atoms with Crippen molar-refractivity contribution in [3.05, 3.63) is 76.4 Å². The van der Waals surface area contributed by atoms with Crippen molar-refractivity contribution in [2.24, 2.45) is 0 Å². The van der Waals surface area contributed by atoms with E-state index in [1.807, 2.05) is 0 Å². The molecule has 0 saturated carbocycles. The molecule has 0 unspecified atom stereocenters. The summed E-state index contributed by atoms with van der Waals surface area (Å²) in [5.74, 6) is 0. The van der Waals surface area contributed by atoms with E-state index in [2.05, 4.69) is 6.58 Å². The predicted molar refractivity (Wildman–Crippen MR) is 94.0 cm³/mol. The summed E-state index contributed by atoms with van der Waals surface area (Å²) in [5, 5.41) is 11.1. The second-order valence-corrected chi connectivity index (χ2v) is 7.44. The maximum atomic E-state index is 13.0. The Morgan fingerprint density at radius 2 is 1.89 bits per heavy atom. The van der Waals surface area contributed by atoms with Gasteiger partial charge in [0, 0.05) is 11.6 Å². The van der Waals surface area contributed by atoms with Crippen LogP contribution in [0.1, 0.15) is 11.1 Å². The molecule has 0 fully saturated rings. The maximum absolute atomic E-state index is 13.0. The van der Waals surface area contributed by atoms with Gasteiger partial charge in [0.1, 0.15) is 0 Å². The highest BCUT2D eigenvalue weighted by Crippen LogP contribution is 2.33. The number of sulfonamides is 1. The van der Waals surface area contributed by atoms with E-state index >= 15 is 0 Å². The Bertz CT molecular complexity index is 988. The lowest BCUT2D eigenvalue weighted by molar-refractivity contribution is -0.385. The van der Waals surface area contributed by atoms with Crippen LogP contribution in [0.2, 0.25) is 0 Å². The Morgan fingerprint density at radius 1 is 1.22 bits per heavy atom. The van der Waals surface area contributed by atoms with Crippen LogP contribution in [0.15, 0.2) is 60.0 Å². The van der Waals surface area contributed by atoms with Gasteiger partial charge in [0.15, 0.2) is 0 Å². The number of rotatable bonds is 6. The van der Waals surface area contributed by atoms with Gasteiger partial charge in [-0.05, 0) is 31.2 Å². The van der Waals surface area contributed by atoms with Gasteiger partial charge in [-0.2, -0.15) is 13.2 Å². The molecule has 0 aliphatic heterocycles. The summed E-state index contributed by atoms with van der Waals surface area (Å²) >= 11 is 0. The first-order valence-electron chi connectivity index (χ1n) is 7.54. The summed E-state index contributed by atoms with van der Waals surface area (Å²) < 4.78 is 65.5. The number of hydrogen-bond acceptors (Lipinski definition) is 4. The largest absolute Gasteiger partial charge is 0.416 e. The van der Waals surface area contributed by atoms with Crippen LogP contribution in [0.3, 0.4) is 0 Å². The van der Waals surface area contributed by atoms with Crippen LogP contribution >= 0.6 is 0 Å². The Kier molecular flexibility index (Phi) is 5.59. The second kappa shape index (κ2) is 7.39. The van der Waals surface area contributed by atoms with Crippen LogP contribution in [0.25, 0.3) is 0 Å². The van der Waals surface area contributed by atoms with E-state index < -0.39 is 37.3 Å². The van der Waals surface area contributed by atoms with E-state index in [0.29, 0.717) is 10.4 Å². The molecule has 0 saturated heterocycles. The number of nitro benzene ring substituents is 1. The number of hydrogen-bond donors (Lipinski definition) is 0. The number of nitrogens with zero attached hydrogens (tertiary/aromatic N) is 2. The second-order valence-electron chi connectivity index (χ2n) is 5.58. The Labute approximate surface area is 153 Å². The van der Waals surface area contributed by atoms with Crippen molar-refractivity contribution in [3.8, 4) is 0 Å². The molecule has 0 aliphatic rings. The molecule has 27 heavy (non-hydrogen) atoms. The van der Waals surface area contributed by atoms with Gasteiger partial charge in [0.25, 0.3) is 15.7 Å². The zero-order valence-electron chi connectivity index (χ0n) is 14.1. The van der Waals surface area contributed by atoms with Crippen molar-refractivity contribution in [1.82, 2.24) is 0 Å². The summed E-state index contributed by atoms with van der Waals surface area (Å²) in [6.07, 6.45) is -3.44. The zero-order valence-corrected chi connectivity index (χ0v) is 14.9. The van der Waals surface area contributed by atoms with Gasteiger partial charge in [-0.25, -0.2) is 8.42 Å². The molecule has 0 atom stereocenters. The molecule has 10 heteroatoms. The van der Waals surface area contributed by atoms with Crippen molar-refractivity contribution in [2.45, 2.75) is 18.0 Å². The van der Waals surface area contributed by atoms with Crippen molar-refractivity contribution < 1.29 is 26.5 Å². The Balaban J connectivity index is 2.61. The van der Waals surface area contributed by atoms with Crippen LogP contribution in [-0.2, 0) is 16.2 Å². The van der Waals surface area contributed by atoms with Crippen LogP contribution in [0.4, 0.5) is 24.5 Å². The highest BCUT2D eigenvalue weighted by atomic mass is 32.2. The van der Waals surface area contributed by atoms with Crippen molar-refractivity contribution in [3.63, 3.8) is 0 Å². The SMILES string of the molecule is C=CCN(c1cccc(C(F)(F)F)c1)S(=O)(=O)c1ccc(C)c([N+](=O)[O-])c1. The molecule has 2 aromatic rings. The minimum Gasteiger partial charge on any atom is -0.263 e. The molecule has 0 N–H and O–H groups in total. The third-order valence-electron chi connectivity index (χ3n) is 3.72. The average Bonchev–Trinajstić information content (AvgIpc) is 2.58. The lowest BCUT2D eigenvalue weighted by Gasteiger charge is -2.24. The highest BCUT2D eigenvalue weighted by Gasteiger charge is 2.32. The summed E-state index contributed by atoms with van der Waals surface area (Å²) in [7, 11) is -4.36. The van der Waals surface area contributed by atoms with E-state index in [0.717, 1.165) is 18.2 Å². The van der Waals surface area contributed by atoms with Crippen LogP contribution in [0.5, 0.6) is 0 Å². The van der Waals surface area contributed by atoms with Gasteiger partial charge in [-0.15, -0.1) is 6.58 Å². The fourth-order valence-corrected chi connectivity index (χ4v) is 3.82. The van der Waals surface area contributed by atoms with Crippen LogP contribution < -0.4 is 4.31 Å². The number of benzene rings is 2. The summed E-state index contributed by atoms with van der Waals surface area (Å²) in [5.41, 5.74) is -1.39. The molecule has 0 heterocycles. The number of alkyl halides is 3. The lowest BCUT2D eigenvalue weighted by atomic mass is 10.2. The van der Waals surface area contributed by atoms with Gasteiger partial charge < -0.3 is 0 Å². The lowest BCUT2D eigenvalue weighted by Crippen LogP contribution is -2.31. The first kappa shape index (κ1) is 20.4. The molecule has 0 amide bonds. The number of nitro groups is 1. The van der Waals surface area contributed by atoms with Gasteiger partial charge in [-0.3, -0.25) is 14.4 Å². The molecular formula is C17H15F3N2O4S. The van der Waals surface area contributed by atoms with E-state index in [-0.39, 0.29) is 17.8 Å². The van der Waals surface area contributed by atoms with Crippen molar-refractivity contribution in [1.29, 1.82) is 0 Å². The monoisotopic (exact) mass is 400 g/mol. The molecule has 0 spiro atoms. The summed E-state index contributed by atoms with van der Waals surface area (Å²) in [6, 6.07) is 7.13. The number of halogens is 3. The fraction of sp³-hybridized carbons (Fsp3) is 0.176. The topological polar surface area (TPSA) is 80.5 Å². The average molecular weight is 400 g/mol. The maximum Gasteiger partial charge on any atom is 0.416 e. The third-order valence-corrected chi connectivity index (χ3v) is 5.51. The summed E-state index contributed by atoms with van der Waals surface area (Å²) in [6.45, 7) is 4.56. The summed E-state index contributed by atoms with van der Waals surface area (Å²) in [4.78, 5) is 9.95. The Hall–Kier alpha value is -2.88. The van der Waals surface area contributed by atoms with Crippen molar-refractivity contribution >= 4 is 21.4 Å². The molecular weight excluding hydrogens is 385 g/mol. The van der Waals surface area contributed by atoms with Gasteiger partial charge in [0.05, 0.1) is 27.6 Å². The van der Waals surface area contributed by atoms with Crippen LogP contribution in [-0.4, -0.2) is 19.9 Å². The number of anilines is 1. The quantitative estimate of drug-likeness (QED) is 0.411. The zero-order chi connectivity index (χ0) is 20.4. The van der Waals surface area contributed by atoms with Gasteiger partial charge in [-0.1, -0.05) is 18.2 Å². The van der Waals surface area contributed by atoms with Gasteiger partial charge in [0.2, 0.25) is 0 Å². The molecule has 2 aromatic carbocycles. The third kappa shape index (κ3) is 4.27. The first-order chi connectivity index (χ1) is 12.5. The molecule has 0 radical (unpaired) electrons. The predicted octanol–water partition coefficient (Wildman–Crippen LogP) is 4.30. The molecule has 0 aromatic heterocycles. The standard InChI is InChI=1S/C17H15F3N2O4S/c1-3-9-21(14-6-4-5-13(10-14)17(18,19)20)27(25,26)15-8-7-12(2)16(11-15)22(23)24/h3-8,10-11H,1,9H2,2H3.